The number of carbonyl (C=O) groups is 1. The Labute approximate surface area is 116 Å². The van der Waals surface area contributed by atoms with Crippen molar-refractivity contribution in [3.05, 3.63) is 0 Å². The van der Waals surface area contributed by atoms with E-state index in [4.69, 9.17) is 4.74 Å². The van der Waals surface area contributed by atoms with E-state index in [0.29, 0.717) is 12.5 Å². The zero-order valence-electron chi connectivity index (χ0n) is 12.6. The summed E-state index contributed by atoms with van der Waals surface area (Å²) < 4.78 is 5.68. The van der Waals surface area contributed by atoms with Crippen LogP contribution in [0, 0.1) is 11.3 Å². The van der Waals surface area contributed by atoms with Gasteiger partial charge in [-0.25, -0.2) is 0 Å². The summed E-state index contributed by atoms with van der Waals surface area (Å²) in [5.74, 6) is 0.488. The van der Waals surface area contributed by atoms with E-state index in [1.54, 1.807) is 0 Å². The van der Waals surface area contributed by atoms with E-state index in [1.165, 1.54) is 19.3 Å². The van der Waals surface area contributed by atoms with Gasteiger partial charge in [0.15, 0.2) is 0 Å². The van der Waals surface area contributed by atoms with E-state index >= 15 is 0 Å². The molecule has 0 aromatic heterocycles. The lowest BCUT2D eigenvalue weighted by molar-refractivity contribution is -0.141. The minimum Gasteiger partial charge on any atom is -0.374 e. The third-order valence-electron chi connectivity index (χ3n) is 4.66. The average Bonchev–Trinajstić information content (AvgIpc) is 2.38. The topological polar surface area (TPSA) is 41.6 Å². The maximum absolute atomic E-state index is 12.6. The molecule has 2 aliphatic rings. The molecule has 0 spiro atoms. The molecule has 2 unspecified atom stereocenters. The molecule has 0 aromatic carbocycles. The number of ether oxygens (including phenoxy) is 1. The molecule has 2 atom stereocenters. The van der Waals surface area contributed by atoms with Gasteiger partial charge in [0.25, 0.3) is 0 Å². The molecule has 4 heteroatoms. The molecule has 1 amide bonds. The Kier molecular flexibility index (Phi) is 4.85. The minimum absolute atomic E-state index is 0.148. The van der Waals surface area contributed by atoms with E-state index in [0.717, 1.165) is 26.1 Å². The normalized spacial score (nSPS) is 30.9. The van der Waals surface area contributed by atoms with Gasteiger partial charge in [0.1, 0.15) is 0 Å². The summed E-state index contributed by atoms with van der Waals surface area (Å²) in [4.78, 5) is 14.5. The highest BCUT2D eigenvalue weighted by atomic mass is 16.5. The summed E-state index contributed by atoms with van der Waals surface area (Å²) in [6, 6.07) is 0. The van der Waals surface area contributed by atoms with Crippen LogP contribution in [-0.4, -0.2) is 50.2 Å². The van der Waals surface area contributed by atoms with Gasteiger partial charge in [-0.2, -0.15) is 0 Å². The van der Waals surface area contributed by atoms with E-state index in [9.17, 15) is 4.79 Å². The molecule has 1 aliphatic heterocycles. The molecule has 1 aliphatic carbocycles. The Hall–Kier alpha value is -0.610. The van der Waals surface area contributed by atoms with Crippen molar-refractivity contribution < 1.29 is 9.53 Å². The third kappa shape index (κ3) is 3.69. The van der Waals surface area contributed by atoms with Crippen LogP contribution in [0.3, 0.4) is 0 Å². The second kappa shape index (κ2) is 6.23. The first kappa shape index (κ1) is 14.8. The number of likely N-dealkylation sites (N-methyl/N-ethyl adjacent to an activating group) is 1. The van der Waals surface area contributed by atoms with Crippen LogP contribution in [0.25, 0.3) is 0 Å². The van der Waals surface area contributed by atoms with Gasteiger partial charge in [-0.3, -0.25) is 4.79 Å². The van der Waals surface area contributed by atoms with Crippen LogP contribution in [0.15, 0.2) is 0 Å². The minimum atomic E-state index is 0.148. The van der Waals surface area contributed by atoms with E-state index in [1.807, 2.05) is 11.9 Å². The van der Waals surface area contributed by atoms with Crippen molar-refractivity contribution in [2.75, 3.05) is 33.3 Å². The van der Waals surface area contributed by atoms with Crippen molar-refractivity contribution in [1.29, 1.82) is 0 Å². The standard InChI is InChI=1S/C15H28N2O2/c1-15(2)7-5-4-6-13(15)14(18)17(3)11-12-10-16-8-9-19-12/h12-13,16H,4-11H2,1-3H3. The second-order valence-electron chi connectivity index (χ2n) is 6.70. The van der Waals surface area contributed by atoms with Gasteiger partial charge >= 0.3 is 0 Å². The number of hydrogen-bond donors (Lipinski definition) is 1. The number of carbonyl (C=O) groups excluding carboxylic acids is 1. The van der Waals surface area contributed by atoms with Gasteiger partial charge in [-0.1, -0.05) is 26.7 Å². The number of morpholine rings is 1. The first-order valence-corrected chi connectivity index (χ1v) is 7.58. The fraction of sp³-hybridized carbons (Fsp3) is 0.933. The van der Waals surface area contributed by atoms with Crippen molar-refractivity contribution in [3.8, 4) is 0 Å². The predicted molar refractivity (Wildman–Crippen MR) is 76.0 cm³/mol. The molecule has 1 N–H and O–H groups in total. The number of amides is 1. The Bertz CT molecular complexity index is 311. The monoisotopic (exact) mass is 268 g/mol. The van der Waals surface area contributed by atoms with Crippen molar-refractivity contribution in [1.82, 2.24) is 10.2 Å². The predicted octanol–water partition coefficient (Wildman–Crippen LogP) is 1.65. The summed E-state index contributed by atoms with van der Waals surface area (Å²) in [7, 11) is 1.92. The molecule has 1 saturated carbocycles. The number of nitrogens with one attached hydrogen (secondary N) is 1. The SMILES string of the molecule is CN(CC1CNCCO1)C(=O)C1CCCCC1(C)C. The average molecular weight is 268 g/mol. The molecule has 0 bridgehead atoms. The summed E-state index contributed by atoms with van der Waals surface area (Å²) >= 11 is 0. The quantitative estimate of drug-likeness (QED) is 0.846. The van der Waals surface area contributed by atoms with Gasteiger partial charge in [0, 0.05) is 32.6 Å². The summed E-state index contributed by atoms with van der Waals surface area (Å²) in [5.41, 5.74) is 0.148. The molecule has 110 valence electrons. The largest absolute Gasteiger partial charge is 0.374 e. The number of nitrogens with zero attached hydrogens (tertiary/aromatic N) is 1. The molecule has 2 fully saturated rings. The van der Waals surface area contributed by atoms with Gasteiger partial charge in [-0.15, -0.1) is 0 Å². The van der Waals surface area contributed by atoms with Crippen LogP contribution in [-0.2, 0) is 9.53 Å². The van der Waals surface area contributed by atoms with Gasteiger partial charge in [-0.05, 0) is 18.3 Å². The van der Waals surface area contributed by atoms with Crippen LogP contribution in [0.4, 0.5) is 0 Å². The lowest BCUT2D eigenvalue weighted by atomic mass is 9.68. The maximum Gasteiger partial charge on any atom is 0.226 e. The molecule has 4 nitrogen and oxygen atoms in total. The number of hydrogen-bond acceptors (Lipinski definition) is 3. The van der Waals surface area contributed by atoms with E-state index in [-0.39, 0.29) is 17.4 Å². The molecule has 0 aromatic rings. The zero-order chi connectivity index (χ0) is 13.9. The van der Waals surface area contributed by atoms with Gasteiger partial charge in [0.05, 0.1) is 12.7 Å². The second-order valence-corrected chi connectivity index (χ2v) is 6.70. The van der Waals surface area contributed by atoms with Crippen molar-refractivity contribution >= 4 is 5.91 Å². The highest BCUT2D eigenvalue weighted by Crippen LogP contribution is 2.41. The van der Waals surface area contributed by atoms with Crippen molar-refractivity contribution in [2.24, 2.45) is 11.3 Å². The molecule has 1 saturated heterocycles. The Morgan fingerprint density at radius 1 is 1.42 bits per heavy atom. The first-order chi connectivity index (χ1) is 9.00. The van der Waals surface area contributed by atoms with Crippen molar-refractivity contribution in [2.45, 2.75) is 45.6 Å². The Morgan fingerprint density at radius 3 is 2.84 bits per heavy atom. The van der Waals surface area contributed by atoms with Crippen LogP contribution in [0.1, 0.15) is 39.5 Å². The molecule has 2 rings (SSSR count). The first-order valence-electron chi connectivity index (χ1n) is 7.58. The van der Waals surface area contributed by atoms with Crippen LogP contribution >= 0.6 is 0 Å². The van der Waals surface area contributed by atoms with Gasteiger partial charge < -0.3 is 15.0 Å². The van der Waals surface area contributed by atoms with E-state index < -0.39 is 0 Å². The molecule has 0 radical (unpaired) electrons. The van der Waals surface area contributed by atoms with Gasteiger partial charge in [0.2, 0.25) is 5.91 Å². The highest BCUT2D eigenvalue weighted by Gasteiger charge is 2.38. The molecule has 1 heterocycles. The Balaban J connectivity index is 1.90. The zero-order valence-corrected chi connectivity index (χ0v) is 12.6. The summed E-state index contributed by atoms with van der Waals surface area (Å²) in [5, 5.41) is 3.31. The Morgan fingerprint density at radius 2 is 2.21 bits per heavy atom. The fourth-order valence-electron chi connectivity index (χ4n) is 3.35. The van der Waals surface area contributed by atoms with Crippen molar-refractivity contribution in [3.63, 3.8) is 0 Å². The third-order valence-corrected chi connectivity index (χ3v) is 4.66. The van der Waals surface area contributed by atoms with Crippen LogP contribution in [0.2, 0.25) is 0 Å². The molecular weight excluding hydrogens is 240 g/mol. The van der Waals surface area contributed by atoms with E-state index in [2.05, 4.69) is 19.2 Å². The molecular formula is C15H28N2O2. The summed E-state index contributed by atoms with van der Waals surface area (Å²) in [6.45, 7) is 7.71. The smallest absolute Gasteiger partial charge is 0.226 e. The fourth-order valence-corrected chi connectivity index (χ4v) is 3.35. The number of rotatable bonds is 3. The molecule has 19 heavy (non-hydrogen) atoms. The van der Waals surface area contributed by atoms with Crippen LogP contribution in [0.5, 0.6) is 0 Å². The maximum atomic E-state index is 12.6. The van der Waals surface area contributed by atoms with Crippen LogP contribution < -0.4 is 5.32 Å². The lowest BCUT2D eigenvalue weighted by Crippen LogP contribution is -2.49. The lowest BCUT2D eigenvalue weighted by Gasteiger charge is -2.40. The summed E-state index contributed by atoms with van der Waals surface area (Å²) in [6.07, 6.45) is 4.80. The highest BCUT2D eigenvalue weighted by molar-refractivity contribution is 5.79.